The summed E-state index contributed by atoms with van der Waals surface area (Å²) in [5, 5.41) is 0. The minimum Gasteiger partial charge on any atom is -0.398 e. The highest BCUT2D eigenvalue weighted by Crippen LogP contribution is 2.33. The molecule has 0 bridgehead atoms. The molecule has 0 aromatic heterocycles. The van der Waals surface area contributed by atoms with E-state index in [2.05, 4.69) is 38.4 Å². The first-order valence-corrected chi connectivity index (χ1v) is 8.72. The van der Waals surface area contributed by atoms with Crippen LogP contribution in [0.2, 0.25) is 0 Å². The molecule has 1 aromatic rings. The van der Waals surface area contributed by atoms with Crippen LogP contribution in [0.25, 0.3) is 0 Å². The lowest BCUT2D eigenvalue weighted by Crippen LogP contribution is -2.32. The summed E-state index contributed by atoms with van der Waals surface area (Å²) in [4.78, 5) is 0.103. The van der Waals surface area contributed by atoms with Gasteiger partial charge in [-0.2, -0.15) is 4.31 Å². The molecule has 1 rings (SSSR count). The number of rotatable bonds is 6. The van der Waals surface area contributed by atoms with Crippen LogP contribution in [-0.2, 0) is 10.0 Å². The van der Waals surface area contributed by atoms with Crippen molar-refractivity contribution in [1.82, 2.24) is 4.31 Å². The van der Waals surface area contributed by atoms with Crippen LogP contribution in [0.5, 0.6) is 0 Å². The van der Waals surface area contributed by atoms with Crippen molar-refractivity contribution in [1.29, 1.82) is 0 Å². The molecule has 7 heteroatoms. The van der Waals surface area contributed by atoms with Gasteiger partial charge in [-0.05, 0) is 34.5 Å². The average molecular weight is 412 g/mol. The van der Waals surface area contributed by atoms with Crippen LogP contribution in [0.4, 0.5) is 5.69 Å². The Morgan fingerprint density at radius 3 is 2.53 bits per heavy atom. The summed E-state index contributed by atoms with van der Waals surface area (Å²) < 4.78 is 27.8. The number of nitrogen functional groups attached to an aromatic ring is 1. The molecule has 106 valence electrons. The van der Waals surface area contributed by atoms with Crippen molar-refractivity contribution in [3.8, 4) is 0 Å². The molecule has 0 amide bonds. The minimum absolute atomic E-state index is 0.103. The van der Waals surface area contributed by atoms with Gasteiger partial charge in [0, 0.05) is 22.0 Å². The van der Waals surface area contributed by atoms with E-state index in [-0.39, 0.29) is 17.1 Å². The van der Waals surface area contributed by atoms with Gasteiger partial charge in [-0.3, -0.25) is 0 Å². The standard InChI is InChI=1S/C12H16Br2N2O2S/c1-3-5-16(6-4-2)19(17,18)12-10(14)7-9(13)8-11(12)15/h3,7-8H,1,4-6,15H2,2H3. The van der Waals surface area contributed by atoms with Crippen LogP contribution in [0.1, 0.15) is 13.3 Å². The topological polar surface area (TPSA) is 63.4 Å². The summed E-state index contributed by atoms with van der Waals surface area (Å²) in [7, 11) is -3.63. The third-order valence-corrected chi connectivity index (χ3v) is 5.77. The minimum atomic E-state index is -3.63. The van der Waals surface area contributed by atoms with Gasteiger partial charge in [0.25, 0.3) is 0 Å². The fourth-order valence-corrected chi connectivity index (χ4v) is 5.20. The van der Waals surface area contributed by atoms with E-state index < -0.39 is 10.0 Å². The van der Waals surface area contributed by atoms with Crippen molar-refractivity contribution >= 4 is 47.6 Å². The maximum atomic E-state index is 12.6. The molecular formula is C12H16Br2N2O2S. The van der Waals surface area contributed by atoms with Gasteiger partial charge >= 0.3 is 0 Å². The third kappa shape index (κ3) is 3.81. The van der Waals surface area contributed by atoms with Gasteiger partial charge in [0.05, 0.1) is 5.69 Å². The monoisotopic (exact) mass is 410 g/mol. The summed E-state index contributed by atoms with van der Waals surface area (Å²) in [6.45, 7) is 6.20. The number of hydrogen-bond donors (Lipinski definition) is 1. The Bertz CT molecular complexity index is 550. The SMILES string of the molecule is C=CCN(CCC)S(=O)(=O)c1c(N)cc(Br)cc1Br. The number of sulfonamides is 1. The van der Waals surface area contributed by atoms with E-state index in [1.54, 1.807) is 18.2 Å². The van der Waals surface area contributed by atoms with Gasteiger partial charge in [-0.25, -0.2) is 8.42 Å². The fourth-order valence-electron chi connectivity index (χ4n) is 1.68. The molecule has 0 radical (unpaired) electrons. The van der Waals surface area contributed by atoms with Crippen LogP contribution in [0.15, 0.2) is 38.6 Å². The second-order valence-corrected chi connectivity index (χ2v) is 7.60. The lowest BCUT2D eigenvalue weighted by molar-refractivity contribution is 0.441. The van der Waals surface area contributed by atoms with Gasteiger partial charge in [0.1, 0.15) is 4.90 Å². The molecule has 0 heterocycles. The van der Waals surface area contributed by atoms with E-state index in [1.165, 1.54) is 4.31 Å². The van der Waals surface area contributed by atoms with E-state index in [1.807, 2.05) is 6.92 Å². The Morgan fingerprint density at radius 1 is 1.42 bits per heavy atom. The highest BCUT2D eigenvalue weighted by molar-refractivity contribution is 9.11. The van der Waals surface area contributed by atoms with Crippen LogP contribution in [0.3, 0.4) is 0 Å². The molecule has 0 saturated heterocycles. The molecule has 0 fully saturated rings. The molecule has 0 aliphatic carbocycles. The fraction of sp³-hybridized carbons (Fsp3) is 0.333. The number of nitrogens with two attached hydrogens (primary N) is 1. The number of hydrogen-bond acceptors (Lipinski definition) is 3. The number of benzene rings is 1. The quantitative estimate of drug-likeness (QED) is 0.576. The van der Waals surface area contributed by atoms with E-state index in [0.717, 1.165) is 10.9 Å². The highest BCUT2D eigenvalue weighted by atomic mass is 79.9. The predicted octanol–water partition coefficient (Wildman–Crippen LogP) is 3.38. The summed E-state index contributed by atoms with van der Waals surface area (Å²) >= 11 is 6.54. The van der Waals surface area contributed by atoms with Gasteiger partial charge in [0.15, 0.2) is 0 Å². The van der Waals surface area contributed by atoms with Crippen LogP contribution in [0, 0.1) is 0 Å². The molecule has 0 spiro atoms. The van der Waals surface area contributed by atoms with Crippen LogP contribution < -0.4 is 5.73 Å². The molecule has 2 N–H and O–H groups in total. The maximum Gasteiger partial charge on any atom is 0.246 e. The first-order valence-electron chi connectivity index (χ1n) is 5.70. The van der Waals surface area contributed by atoms with E-state index in [0.29, 0.717) is 11.0 Å². The van der Waals surface area contributed by atoms with Crippen molar-refractivity contribution < 1.29 is 8.42 Å². The Balaban J connectivity index is 3.37. The van der Waals surface area contributed by atoms with Crippen LogP contribution >= 0.6 is 31.9 Å². The van der Waals surface area contributed by atoms with Crippen molar-refractivity contribution in [2.24, 2.45) is 0 Å². The molecule has 4 nitrogen and oxygen atoms in total. The zero-order valence-corrected chi connectivity index (χ0v) is 14.6. The third-order valence-electron chi connectivity index (χ3n) is 2.44. The molecule has 0 aliphatic heterocycles. The number of anilines is 1. The molecule has 0 atom stereocenters. The largest absolute Gasteiger partial charge is 0.398 e. The Morgan fingerprint density at radius 2 is 2.05 bits per heavy atom. The van der Waals surface area contributed by atoms with Crippen molar-refractivity contribution in [3.05, 3.63) is 33.7 Å². The molecule has 19 heavy (non-hydrogen) atoms. The number of halogens is 2. The van der Waals surface area contributed by atoms with Gasteiger partial charge in [0.2, 0.25) is 10.0 Å². The highest BCUT2D eigenvalue weighted by Gasteiger charge is 2.27. The molecule has 1 aromatic carbocycles. The summed E-state index contributed by atoms with van der Waals surface area (Å²) in [5.74, 6) is 0. The molecule has 0 unspecified atom stereocenters. The maximum absolute atomic E-state index is 12.6. The average Bonchev–Trinajstić information content (AvgIpc) is 2.26. The Kier molecular flexibility index (Phi) is 6.04. The van der Waals surface area contributed by atoms with E-state index in [9.17, 15) is 8.42 Å². The lowest BCUT2D eigenvalue weighted by atomic mass is 10.3. The second-order valence-electron chi connectivity index (χ2n) is 3.96. The first-order chi connectivity index (χ1) is 8.84. The normalized spacial score (nSPS) is 11.8. The lowest BCUT2D eigenvalue weighted by Gasteiger charge is -2.22. The molecule has 0 aliphatic rings. The van der Waals surface area contributed by atoms with Crippen molar-refractivity contribution in [2.75, 3.05) is 18.8 Å². The Hall–Kier alpha value is -0.370. The summed E-state index contributed by atoms with van der Waals surface area (Å²) in [5.41, 5.74) is 6.06. The van der Waals surface area contributed by atoms with Crippen molar-refractivity contribution in [2.45, 2.75) is 18.2 Å². The zero-order valence-electron chi connectivity index (χ0n) is 10.6. The van der Waals surface area contributed by atoms with Gasteiger partial charge in [-0.1, -0.05) is 28.9 Å². The first kappa shape index (κ1) is 16.7. The van der Waals surface area contributed by atoms with Gasteiger partial charge < -0.3 is 5.73 Å². The van der Waals surface area contributed by atoms with Crippen LogP contribution in [-0.4, -0.2) is 25.8 Å². The second kappa shape index (κ2) is 6.88. The van der Waals surface area contributed by atoms with Crippen molar-refractivity contribution in [3.63, 3.8) is 0 Å². The molecule has 0 saturated carbocycles. The predicted molar refractivity (Wildman–Crippen MR) is 85.5 cm³/mol. The summed E-state index contributed by atoms with van der Waals surface area (Å²) in [6, 6.07) is 3.25. The van der Waals surface area contributed by atoms with E-state index in [4.69, 9.17) is 5.73 Å². The number of nitrogens with zero attached hydrogens (tertiary/aromatic N) is 1. The Labute approximate surface area is 131 Å². The summed E-state index contributed by atoms with van der Waals surface area (Å²) in [6.07, 6.45) is 2.29. The smallest absolute Gasteiger partial charge is 0.246 e. The van der Waals surface area contributed by atoms with Gasteiger partial charge in [-0.15, -0.1) is 6.58 Å². The molecular weight excluding hydrogens is 396 g/mol. The van der Waals surface area contributed by atoms with E-state index >= 15 is 0 Å². The zero-order chi connectivity index (χ0) is 14.6.